The average molecular weight is 1070 g/mol. The molecule has 7 heteroatoms. The second-order valence-corrected chi connectivity index (χ2v) is 23.6. The van der Waals surface area contributed by atoms with Crippen molar-refractivity contribution >= 4 is 140 Å². The van der Waals surface area contributed by atoms with Crippen LogP contribution in [0.3, 0.4) is 0 Å². The van der Waals surface area contributed by atoms with E-state index in [0.717, 1.165) is 111 Å². The van der Waals surface area contributed by atoms with Gasteiger partial charge in [0, 0.05) is 78.3 Å². The largest absolute Gasteiger partial charge is 0.306 e. The Kier molecular flexibility index (Phi) is 9.22. The van der Waals surface area contributed by atoms with Gasteiger partial charge in [0.1, 0.15) is 0 Å². The first kappa shape index (κ1) is 44.8. The monoisotopic (exact) mass is 1070 g/mol. The molecule has 18 rings (SSSR count). The normalized spacial score (nSPS) is 12.5. The van der Waals surface area contributed by atoms with Crippen molar-refractivity contribution in [3.05, 3.63) is 269 Å². The molecule has 0 spiro atoms. The number of anilines is 3. The first-order chi connectivity index (χ1) is 40.0. The van der Waals surface area contributed by atoms with Crippen molar-refractivity contribution in [1.29, 1.82) is 0 Å². The van der Waals surface area contributed by atoms with E-state index in [4.69, 9.17) is 0 Å². The Morgan fingerprint density at radius 1 is 0.259 bits per heavy atom. The van der Waals surface area contributed by atoms with E-state index in [-0.39, 0.29) is 11.1 Å². The molecule has 376 valence electrons. The van der Waals surface area contributed by atoms with E-state index < -0.39 is 0 Å². The third kappa shape index (κ3) is 6.41. The Balaban J connectivity index is 0.748. The summed E-state index contributed by atoms with van der Waals surface area (Å²) in [6, 6.07) is 88.4. The summed E-state index contributed by atoms with van der Waals surface area (Å²) in [5.74, 6) is 0. The number of nitrogens with zero attached hydrogens (tertiary/aromatic N) is 3. The molecule has 5 aromatic heterocycles. The van der Waals surface area contributed by atoms with Crippen LogP contribution in [-0.2, 0) is 0 Å². The van der Waals surface area contributed by atoms with E-state index in [1.165, 1.54) is 45.9 Å². The molecule has 5 nitrogen and oxygen atoms in total. The molecule has 0 N–H and O–H groups in total. The van der Waals surface area contributed by atoms with E-state index >= 15 is 4.79 Å². The number of para-hydroxylation sites is 3. The number of thiophene rings is 2. The maximum absolute atomic E-state index is 15.2. The van der Waals surface area contributed by atoms with Crippen LogP contribution in [0.1, 0.15) is 0 Å². The van der Waals surface area contributed by atoms with E-state index in [1.807, 2.05) is 56.7 Å². The number of hydrogen-bond acceptors (Lipinski definition) is 5. The van der Waals surface area contributed by atoms with Gasteiger partial charge < -0.3 is 4.90 Å². The van der Waals surface area contributed by atoms with Crippen LogP contribution in [0, 0.1) is 0 Å². The minimum atomic E-state index is -0.0361. The molecule has 0 saturated heterocycles. The third-order valence-electron chi connectivity index (χ3n) is 17.2. The van der Waals surface area contributed by atoms with Crippen molar-refractivity contribution in [3.63, 3.8) is 0 Å². The lowest BCUT2D eigenvalue weighted by Gasteiger charge is -2.34. The van der Waals surface area contributed by atoms with Gasteiger partial charge in [-0.3, -0.25) is 18.6 Å². The van der Waals surface area contributed by atoms with Crippen LogP contribution in [0.4, 0.5) is 17.1 Å². The van der Waals surface area contributed by atoms with Crippen molar-refractivity contribution in [3.8, 4) is 50.2 Å². The number of aromatic nitrogens is 2. The smallest absolute Gasteiger partial charge is 0.263 e. The van der Waals surface area contributed by atoms with Gasteiger partial charge in [-0.05, 0) is 158 Å². The second-order valence-electron chi connectivity index (χ2n) is 21.5. The van der Waals surface area contributed by atoms with Crippen LogP contribution in [0.15, 0.2) is 258 Å². The zero-order chi connectivity index (χ0) is 53.2. The Morgan fingerprint density at radius 3 is 1.53 bits per heavy atom. The molecule has 6 heterocycles. The highest BCUT2D eigenvalue weighted by atomic mass is 32.1. The second kappa shape index (κ2) is 16.7. The van der Waals surface area contributed by atoms with Gasteiger partial charge in [-0.15, -0.1) is 22.7 Å². The predicted molar refractivity (Wildman–Crippen MR) is 344 cm³/mol. The van der Waals surface area contributed by atoms with Gasteiger partial charge in [-0.2, -0.15) is 0 Å². The summed E-state index contributed by atoms with van der Waals surface area (Å²) in [5.41, 5.74) is 15.4. The topological polar surface area (TPSA) is 46.7 Å². The summed E-state index contributed by atoms with van der Waals surface area (Å²) in [7, 11) is 0. The molecule has 12 aromatic carbocycles. The minimum absolute atomic E-state index is 0.00260. The minimum Gasteiger partial charge on any atom is -0.306 e. The number of hydrogen-bond donors (Lipinski definition) is 0. The first-order valence-corrected chi connectivity index (χ1v) is 28.9. The molecule has 0 fully saturated rings. The Bertz CT molecular complexity index is 5710. The highest BCUT2D eigenvalue weighted by molar-refractivity contribution is 7.26. The molecule has 17 aromatic rings. The predicted octanol–water partition coefficient (Wildman–Crippen LogP) is 19.8. The van der Waals surface area contributed by atoms with Crippen molar-refractivity contribution in [2.24, 2.45) is 0 Å². The maximum Gasteiger partial charge on any atom is 0.263 e. The third-order valence-corrected chi connectivity index (χ3v) is 19.5. The fraction of sp³-hybridized carbons (Fsp3) is 0. The SMILES string of the molecule is O=c1c2cc(-c3ccc4c(c3)sc3ccc(-c5cc6c7ccccc7c(=O)n7c8ccc(-c9ccc%10sc%11ccccc%11c%10c9)cc8c(c5)c67)cc34)ccc2c2cccc3c2n1-c1ccccc1N3c1ccc(-c2ccccc2)cc1. The highest BCUT2D eigenvalue weighted by Gasteiger charge is 2.29. The maximum atomic E-state index is 15.2. The molecular formula is C74H41N3O2S2. The zero-order valence-corrected chi connectivity index (χ0v) is 44.8. The Morgan fingerprint density at radius 2 is 0.753 bits per heavy atom. The van der Waals surface area contributed by atoms with Gasteiger partial charge in [0.25, 0.3) is 11.1 Å². The Hall–Kier alpha value is -10.2. The fourth-order valence-electron chi connectivity index (χ4n) is 13.4. The van der Waals surface area contributed by atoms with Crippen LogP contribution < -0.4 is 16.0 Å². The van der Waals surface area contributed by atoms with Gasteiger partial charge in [0.2, 0.25) is 0 Å². The molecule has 0 aliphatic carbocycles. The van der Waals surface area contributed by atoms with Crippen molar-refractivity contribution in [1.82, 2.24) is 8.97 Å². The summed E-state index contributed by atoms with van der Waals surface area (Å²) in [6.07, 6.45) is 0. The van der Waals surface area contributed by atoms with Crippen molar-refractivity contribution in [2.45, 2.75) is 0 Å². The average Bonchev–Trinajstić information content (AvgIpc) is 4.42. The van der Waals surface area contributed by atoms with Gasteiger partial charge >= 0.3 is 0 Å². The molecule has 1 aliphatic rings. The van der Waals surface area contributed by atoms with Crippen LogP contribution in [-0.4, -0.2) is 8.97 Å². The molecule has 0 atom stereocenters. The molecule has 0 radical (unpaired) electrons. The lowest BCUT2D eigenvalue weighted by molar-refractivity contribution is 1.02. The molecule has 0 saturated carbocycles. The standard InChI is InChI=1S/C74H41N3O2S2/c78-73-56-15-5-4-13-51(56)60-39-49(40-61-57-35-45(25-32-63(57)76(73)71(60)61)46-26-33-68-58(36-46)53-14-6-9-20-67(53)80-68)47-27-34-69-59(37-47)54-31-24-48(41-70(54)81-69)44-23-30-52-55-16-10-19-66-72(55)77(74(79)62(52)38-44)65-18-8-7-17-64(65)75(66)50-28-21-43(22-29-50)42-11-2-1-3-12-42/h1-41H. The van der Waals surface area contributed by atoms with Gasteiger partial charge in [0.05, 0.1) is 33.6 Å². The highest BCUT2D eigenvalue weighted by Crippen LogP contribution is 2.48. The number of benzene rings is 12. The van der Waals surface area contributed by atoms with Crippen LogP contribution in [0.5, 0.6) is 0 Å². The van der Waals surface area contributed by atoms with Gasteiger partial charge in [0.15, 0.2) is 0 Å². The fourth-order valence-corrected chi connectivity index (χ4v) is 15.6. The van der Waals surface area contributed by atoms with Crippen LogP contribution in [0.2, 0.25) is 0 Å². The number of fused-ring (bicyclic) bond motifs is 15. The van der Waals surface area contributed by atoms with Crippen molar-refractivity contribution < 1.29 is 0 Å². The molecule has 0 amide bonds. The van der Waals surface area contributed by atoms with E-state index in [9.17, 15) is 4.79 Å². The van der Waals surface area contributed by atoms with E-state index in [1.54, 1.807) is 11.3 Å². The van der Waals surface area contributed by atoms with Gasteiger partial charge in [-0.25, -0.2) is 0 Å². The summed E-state index contributed by atoms with van der Waals surface area (Å²) in [6.45, 7) is 0. The quantitative estimate of drug-likeness (QED) is 0.161. The molecule has 81 heavy (non-hydrogen) atoms. The zero-order valence-electron chi connectivity index (χ0n) is 43.1. The summed E-state index contributed by atoms with van der Waals surface area (Å²) in [4.78, 5) is 32.0. The number of rotatable bonds is 5. The van der Waals surface area contributed by atoms with E-state index in [0.29, 0.717) is 10.8 Å². The van der Waals surface area contributed by atoms with Crippen LogP contribution >= 0.6 is 22.7 Å². The molecule has 0 unspecified atom stereocenters. The first-order valence-electron chi connectivity index (χ1n) is 27.3. The van der Waals surface area contributed by atoms with Gasteiger partial charge in [-0.1, -0.05) is 146 Å². The van der Waals surface area contributed by atoms with E-state index in [2.05, 4.69) is 217 Å². The summed E-state index contributed by atoms with van der Waals surface area (Å²) >= 11 is 3.62. The molecule has 0 bridgehead atoms. The number of pyridine rings is 2. The molecular weight excluding hydrogens is 1030 g/mol. The van der Waals surface area contributed by atoms with Crippen molar-refractivity contribution in [2.75, 3.05) is 4.90 Å². The molecule has 1 aliphatic heterocycles. The Labute approximate surface area is 470 Å². The summed E-state index contributed by atoms with van der Waals surface area (Å²) in [5, 5.41) is 12.4. The summed E-state index contributed by atoms with van der Waals surface area (Å²) < 4.78 is 8.83. The lowest BCUT2D eigenvalue weighted by atomic mass is 9.95. The van der Waals surface area contributed by atoms with Crippen LogP contribution in [0.25, 0.3) is 150 Å². The lowest BCUT2D eigenvalue weighted by Crippen LogP contribution is -2.27.